The van der Waals surface area contributed by atoms with Gasteiger partial charge in [0.2, 0.25) is 23.6 Å². The summed E-state index contributed by atoms with van der Waals surface area (Å²) >= 11 is 0. The van der Waals surface area contributed by atoms with Crippen molar-refractivity contribution in [2.75, 3.05) is 0 Å². The van der Waals surface area contributed by atoms with Gasteiger partial charge in [-0.25, -0.2) is 0 Å². The van der Waals surface area contributed by atoms with Crippen LogP contribution in [0.2, 0.25) is 0 Å². The van der Waals surface area contributed by atoms with Crippen LogP contribution < -0.4 is 21.7 Å². The highest BCUT2D eigenvalue weighted by atomic mass is 16.4. The number of hydrogen-bond acceptors (Lipinski definition) is 6. The van der Waals surface area contributed by atoms with E-state index in [0.29, 0.717) is 32.1 Å². The first-order chi connectivity index (χ1) is 18.4. The van der Waals surface area contributed by atoms with Gasteiger partial charge >= 0.3 is 11.9 Å². The molecule has 0 aromatic carbocycles. The monoisotopic (exact) mass is 552 g/mol. The van der Waals surface area contributed by atoms with Gasteiger partial charge in [0, 0.05) is 0 Å². The number of hydrogen-bond donors (Lipinski definition) is 6. The number of amides is 4. The minimum atomic E-state index is -1.50. The minimum absolute atomic E-state index is 0.0137. The van der Waals surface area contributed by atoms with Gasteiger partial charge in [-0.2, -0.15) is 0 Å². The maximum Gasteiger partial charge on any atom is 0.307 e. The number of rotatable bonds is 14. The van der Waals surface area contributed by atoms with Crippen molar-refractivity contribution >= 4 is 35.6 Å². The molecule has 0 spiro atoms. The first kappa shape index (κ1) is 32.0. The summed E-state index contributed by atoms with van der Waals surface area (Å²) in [5.41, 5.74) is 5.40. The van der Waals surface area contributed by atoms with Gasteiger partial charge in [0.15, 0.2) is 0 Å². The Morgan fingerprint density at radius 2 is 1.28 bits per heavy atom. The van der Waals surface area contributed by atoms with Crippen LogP contribution in [0.3, 0.4) is 0 Å². The maximum absolute atomic E-state index is 13.4. The van der Waals surface area contributed by atoms with Crippen LogP contribution in [0.1, 0.15) is 90.9 Å². The number of primary amides is 1. The molecule has 12 heteroatoms. The predicted molar refractivity (Wildman–Crippen MR) is 141 cm³/mol. The molecule has 12 nitrogen and oxygen atoms in total. The van der Waals surface area contributed by atoms with Crippen LogP contribution in [0.15, 0.2) is 0 Å². The molecule has 0 aromatic rings. The van der Waals surface area contributed by atoms with E-state index in [2.05, 4.69) is 16.0 Å². The average Bonchev–Trinajstić information content (AvgIpc) is 2.87. The largest absolute Gasteiger partial charge is 0.481 e. The molecule has 2 aliphatic carbocycles. The molecule has 0 heterocycles. The standard InChI is InChI=1S/C27H44N4O8/c1-15(2)12-19(23(28)34)29-26(37)21(14-22(32)33)31-25(36)20(13-16-8-4-3-5-9-16)30-24(35)17-10-6-7-11-18(17)27(38)39/h15-21H,3-14H2,1-2H3,(H2,28,34)(H,29,37)(H,30,35)(H,31,36)(H,32,33)(H,38,39)/t17?,18?,19-,20-,21-/m0/s1. The molecule has 2 unspecified atom stereocenters. The molecule has 4 amide bonds. The molecule has 39 heavy (non-hydrogen) atoms. The molecule has 2 saturated carbocycles. The van der Waals surface area contributed by atoms with E-state index in [0.717, 1.165) is 32.1 Å². The summed E-state index contributed by atoms with van der Waals surface area (Å²) < 4.78 is 0. The molecule has 0 aliphatic heterocycles. The summed E-state index contributed by atoms with van der Waals surface area (Å²) in [7, 11) is 0. The summed E-state index contributed by atoms with van der Waals surface area (Å²) in [5.74, 6) is -6.73. The fourth-order valence-corrected chi connectivity index (χ4v) is 5.65. The van der Waals surface area contributed by atoms with Gasteiger partial charge in [-0.3, -0.25) is 28.8 Å². The lowest BCUT2D eigenvalue weighted by Crippen LogP contribution is -2.58. The van der Waals surface area contributed by atoms with Crippen molar-refractivity contribution in [1.29, 1.82) is 0 Å². The normalized spacial score (nSPS) is 22.2. The summed E-state index contributed by atoms with van der Waals surface area (Å²) in [5, 5.41) is 26.6. The van der Waals surface area contributed by atoms with Crippen LogP contribution in [0, 0.1) is 23.7 Å². The van der Waals surface area contributed by atoms with E-state index in [1.165, 1.54) is 0 Å². The molecule has 0 radical (unpaired) electrons. The number of carbonyl (C=O) groups excluding carboxylic acids is 4. The van der Waals surface area contributed by atoms with Crippen molar-refractivity contribution in [3.63, 3.8) is 0 Å². The zero-order chi connectivity index (χ0) is 29.1. The maximum atomic E-state index is 13.4. The van der Waals surface area contributed by atoms with Crippen LogP contribution in [0.4, 0.5) is 0 Å². The van der Waals surface area contributed by atoms with Gasteiger partial charge < -0.3 is 31.9 Å². The second kappa shape index (κ2) is 15.4. The van der Waals surface area contributed by atoms with E-state index in [4.69, 9.17) is 5.73 Å². The van der Waals surface area contributed by atoms with Crippen molar-refractivity contribution < 1.29 is 39.0 Å². The van der Waals surface area contributed by atoms with E-state index in [1.807, 2.05) is 13.8 Å². The van der Waals surface area contributed by atoms with Gasteiger partial charge in [0.1, 0.15) is 18.1 Å². The molecular weight excluding hydrogens is 508 g/mol. The second-order valence-corrected chi connectivity index (χ2v) is 11.4. The summed E-state index contributed by atoms with van der Waals surface area (Å²) in [6.07, 6.45) is 6.79. The van der Waals surface area contributed by atoms with Crippen LogP contribution in [-0.4, -0.2) is 63.9 Å². The summed E-state index contributed by atoms with van der Waals surface area (Å²) in [6, 6.07) is -3.61. The van der Waals surface area contributed by atoms with Gasteiger partial charge in [0.05, 0.1) is 18.3 Å². The van der Waals surface area contributed by atoms with E-state index in [1.54, 1.807) is 0 Å². The molecule has 0 aromatic heterocycles. The van der Waals surface area contributed by atoms with Crippen LogP contribution in [-0.2, 0) is 28.8 Å². The van der Waals surface area contributed by atoms with E-state index in [-0.39, 0.29) is 18.3 Å². The third-order valence-corrected chi connectivity index (χ3v) is 7.73. The number of aliphatic carboxylic acids is 2. The molecule has 2 aliphatic rings. The van der Waals surface area contributed by atoms with Crippen molar-refractivity contribution in [1.82, 2.24) is 16.0 Å². The molecule has 0 bridgehead atoms. The fraction of sp³-hybridized carbons (Fsp3) is 0.778. The third-order valence-electron chi connectivity index (χ3n) is 7.73. The Labute approximate surface area is 229 Å². The third kappa shape index (κ3) is 10.5. The topological polar surface area (TPSA) is 205 Å². The summed E-state index contributed by atoms with van der Waals surface area (Å²) in [4.78, 5) is 74.7. The molecule has 2 fully saturated rings. The van der Waals surface area contributed by atoms with Gasteiger partial charge in [-0.05, 0) is 37.5 Å². The zero-order valence-corrected chi connectivity index (χ0v) is 22.9. The lowest BCUT2D eigenvalue weighted by Gasteiger charge is -2.31. The van der Waals surface area contributed by atoms with E-state index in [9.17, 15) is 39.0 Å². The number of nitrogens with one attached hydrogen (secondary N) is 3. The Bertz CT molecular complexity index is 902. The first-order valence-corrected chi connectivity index (χ1v) is 14.0. The highest BCUT2D eigenvalue weighted by Crippen LogP contribution is 2.31. The fourth-order valence-electron chi connectivity index (χ4n) is 5.65. The minimum Gasteiger partial charge on any atom is -0.481 e. The first-order valence-electron chi connectivity index (χ1n) is 14.0. The van der Waals surface area contributed by atoms with E-state index >= 15 is 0 Å². The SMILES string of the molecule is CC(C)C[C@H](NC(=O)[C@H](CC(=O)O)NC(=O)[C@H](CC1CCCCC1)NC(=O)C1CCCCC1C(=O)O)C(N)=O. The Kier molecular flexibility index (Phi) is 12.7. The molecular formula is C27H44N4O8. The lowest BCUT2D eigenvalue weighted by molar-refractivity contribution is -0.149. The van der Waals surface area contributed by atoms with Crippen LogP contribution in [0.25, 0.3) is 0 Å². The number of nitrogens with two attached hydrogens (primary N) is 1. The molecule has 0 saturated heterocycles. The van der Waals surface area contributed by atoms with Crippen molar-refractivity contribution in [2.45, 2.75) is 109 Å². The Hall–Kier alpha value is -3.18. The van der Waals surface area contributed by atoms with Gasteiger partial charge in [0.25, 0.3) is 0 Å². The highest BCUT2D eigenvalue weighted by molar-refractivity contribution is 5.96. The average molecular weight is 553 g/mol. The smallest absolute Gasteiger partial charge is 0.307 e. The summed E-state index contributed by atoms with van der Waals surface area (Å²) in [6.45, 7) is 3.66. The molecule has 2 rings (SSSR count). The van der Waals surface area contributed by atoms with Crippen molar-refractivity contribution in [3.05, 3.63) is 0 Å². The highest BCUT2D eigenvalue weighted by Gasteiger charge is 2.38. The number of carboxylic acid groups (broad SMARTS) is 2. The van der Waals surface area contributed by atoms with Crippen molar-refractivity contribution in [3.8, 4) is 0 Å². The lowest BCUT2D eigenvalue weighted by atomic mass is 9.78. The Morgan fingerprint density at radius 3 is 1.82 bits per heavy atom. The number of carbonyl (C=O) groups is 6. The van der Waals surface area contributed by atoms with Crippen molar-refractivity contribution in [2.24, 2.45) is 29.4 Å². The van der Waals surface area contributed by atoms with Gasteiger partial charge in [-0.1, -0.05) is 58.8 Å². The molecule has 7 N–H and O–H groups in total. The molecule has 220 valence electrons. The Morgan fingerprint density at radius 1 is 0.744 bits per heavy atom. The number of carboxylic acids is 2. The van der Waals surface area contributed by atoms with Gasteiger partial charge in [-0.15, -0.1) is 0 Å². The molecule has 5 atom stereocenters. The quantitative estimate of drug-likeness (QED) is 0.185. The Balaban J connectivity index is 2.21. The van der Waals surface area contributed by atoms with E-state index < -0.39 is 71.9 Å². The van der Waals surface area contributed by atoms with Crippen LogP contribution >= 0.6 is 0 Å². The second-order valence-electron chi connectivity index (χ2n) is 11.4. The zero-order valence-electron chi connectivity index (χ0n) is 22.9. The van der Waals surface area contributed by atoms with Crippen LogP contribution in [0.5, 0.6) is 0 Å². The predicted octanol–water partition coefficient (Wildman–Crippen LogP) is 1.31.